The molecule has 0 aliphatic heterocycles. The Hall–Kier alpha value is -2.42. The van der Waals surface area contributed by atoms with Gasteiger partial charge in [0.25, 0.3) is 0 Å². The van der Waals surface area contributed by atoms with Gasteiger partial charge in [-0.25, -0.2) is 0 Å². The lowest BCUT2D eigenvalue weighted by molar-refractivity contribution is -0.137. The number of hydrogen-bond donors (Lipinski definition) is 1. The first-order valence-electron chi connectivity index (χ1n) is 5.80. The van der Waals surface area contributed by atoms with Crippen LogP contribution in [0.3, 0.4) is 0 Å². The van der Waals surface area contributed by atoms with Crippen LogP contribution in [0.2, 0.25) is 0 Å². The van der Waals surface area contributed by atoms with Crippen LogP contribution in [0.1, 0.15) is 22.6 Å². The van der Waals surface area contributed by atoms with Crippen molar-refractivity contribution in [2.75, 3.05) is 5.32 Å². The normalized spacial score (nSPS) is 11.2. The molecule has 0 aliphatic rings. The van der Waals surface area contributed by atoms with Crippen LogP contribution >= 0.6 is 0 Å². The number of furan rings is 1. The SMILES string of the molecule is Cc1ccc(CNc2ccc(C(F)(F)F)c(C#N)c2)o1. The number of anilines is 1. The van der Waals surface area contributed by atoms with E-state index in [2.05, 4.69) is 5.32 Å². The Bertz CT molecular complexity index is 653. The minimum atomic E-state index is -4.53. The monoisotopic (exact) mass is 280 g/mol. The van der Waals surface area contributed by atoms with Crippen molar-refractivity contribution in [1.82, 2.24) is 0 Å². The zero-order valence-electron chi connectivity index (χ0n) is 10.6. The van der Waals surface area contributed by atoms with Crippen LogP contribution in [-0.4, -0.2) is 0 Å². The molecule has 104 valence electrons. The Morgan fingerprint density at radius 3 is 2.55 bits per heavy atom. The molecule has 0 amide bonds. The van der Waals surface area contributed by atoms with Crippen molar-refractivity contribution in [3.05, 3.63) is 53.0 Å². The molecule has 3 nitrogen and oxygen atoms in total. The molecule has 0 aliphatic carbocycles. The average molecular weight is 280 g/mol. The minimum absolute atomic E-state index is 0.337. The lowest BCUT2D eigenvalue weighted by Crippen LogP contribution is -2.08. The molecular formula is C14H11F3N2O. The fourth-order valence-corrected chi connectivity index (χ4v) is 1.76. The highest BCUT2D eigenvalue weighted by Gasteiger charge is 2.33. The summed E-state index contributed by atoms with van der Waals surface area (Å²) in [4.78, 5) is 0. The summed E-state index contributed by atoms with van der Waals surface area (Å²) in [6.07, 6.45) is -4.53. The third-order valence-corrected chi connectivity index (χ3v) is 2.71. The third-order valence-electron chi connectivity index (χ3n) is 2.71. The molecule has 1 N–H and O–H groups in total. The van der Waals surface area contributed by atoms with E-state index in [-0.39, 0.29) is 0 Å². The predicted molar refractivity (Wildman–Crippen MR) is 66.9 cm³/mol. The summed E-state index contributed by atoms with van der Waals surface area (Å²) in [7, 11) is 0. The average Bonchev–Trinajstić information content (AvgIpc) is 2.80. The third kappa shape index (κ3) is 3.12. The first-order chi connectivity index (χ1) is 9.40. The second-order valence-corrected chi connectivity index (χ2v) is 4.24. The van der Waals surface area contributed by atoms with Crippen molar-refractivity contribution >= 4 is 5.69 Å². The van der Waals surface area contributed by atoms with E-state index in [0.717, 1.165) is 11.8 Å². The smallest absolute Gasteiger partial charge is 0.417 e. The van der Waals surface area contributed by atoms with E-state index >= 15 is 0 Å². The molecule has 0 bridgehead atoms. The van der Waals surface area contributed by atoms with Gasteiger partial charge in [-0.3, -0.25) is 0 Å². The highest BCUT2D eigenvalue weighted by Crippen LogP contribution is 2.33. The number of aryl methyl sites for hydroxylation is 1. The molecule has 6 heteroatoms. The number of nitrogens with one attached hydrogen (secondary N) is 1. The molecule has 1 aromatic carbocycles. The highest BCUT2D eigenvalue weighted by atomic mass is 19.4. The van der Waals surface area contributed by atoms with Gasteiger partial charge in [0.05, 0.1) is 23.7 Å². The van der Waals surface area contributed by atoms with Gasteiger partial charge >= 0.3 is 6.18 Å². The van der Waals surface area contributed by atoms with E-state index < -0.39 is 17.3 Å². The second kappa shape index (κ2) is 5.29. The number of halogens is 3. The number of alkyl halides is 3. The van der Waals surface area contributed by atoms with Gasteiger partial charge in [0.1, 0.15) is 11.5 Å². The van der Waals surface area contributed by atoms with Crippen LogP contribution < -0.4 is 5.32 Å². The lowest BCUT2D eigenvalue weighted by atomic mass is 10.1. The predicted octanol–water partition coefficient (Wildman–Crippen LogP) is 4.09. The first-order valence-corrected chi connectivity index (χ1v) is 5.80. The van der Waals surface area contributed by atoms with Gasteiger partial charge in [0.2, 0.25) is 0 Å². The zero-order chi connectivity index (χ0) is 14.8. The molecule has 20 heavy (non-hydrogen) atoms. The van der Waals surface area contributed by atoms with Crippen LogP contribution in [0.5, 0.6) is 0 Å². The number of rotatable bonds is 3. The Morgan fingerprint density at radius 2 is 2.00 bits per heavy atom. The van der Waals surface area contributed by atoms with Gasteiger partial charge in [-0.2, -0.15) is 18.4 Å². The molecule has 0 atom stereocenters. The Morgan fingerprint density at radius 1 is 1.25 bits per heavy atom. The molecule has 0 spiro atoms. The van der Waals surface area contributed by atoms with Crippen LogP contribution in [0.15, 0.2) is 34.7 Å². The quantitative estimate of drug-likeness (QED) is 0.921. The number of benzene rings is 1. The van der Waals surface area contributed by atoms with Crippen molar-refractivity contribution in [2.24, 2.45) is 0 Å². The molecule has 0 fully saturated rings. The molecular weight excluding hydrogens is 269 g/mol. The van der Waals surface area contributed by atoms with Crippen LogP contribution in [0.4, 0.5) is 18.9 Å². The summed E-state index contributed by atoms with van der Waals surface area (Å²) in [5.74, 6) is 1.42. The van der Waals surface area contributed by atoms with E-state index in [1.807, 2.05) is 0 Å². The summed E-state index contributed by atoms with van der Waals surface area (Å²) < 4.78 is 43.2. The Labute approximate surface area is 113 Å². The largest absolute Gasteiger partial charge is 0.465 e. The van der Waals surface area contributed by atoms with Crippen LogP contribution in [0.25, 0.3) is 0 Å². The van der Waals surface area contributed by atoms with Crippen molar-refractivity contribution < 1.29 is 17.6 Å². The molecule has 1 heterocycles. The number of nitrogens with zero attached hydrogens (tertiary/aromatic N) is 1. The van der Waals surface area contributed by atoms with Gasteiger partial charge < -0.3 is 9.73 Å². The van der Waals surface area contributed by atoms with E-state index in [4.69, 9.17) is 9.68 Å². The molecule has 0 unspecified atom stereocenters. The lowest BCUT2D eigenvalue weighted by Gasteiger charge is -2.11. The molecule has 0 saturated heterocycles. The summed E-state index contributed by atoms with van der Waals surface area (Å²) >= 11 is 0. The van der Waals surface area contributed by atoms with Crippen LogP contribution in [-0.2, 0) is 12.7 Å². The summed E-state index contributed by atoms with van der Waals surface area (Å²) in [5.41, 5.74) is -0.902. The summed E-state index contributed by atoms with van der Waals surface area (Å²) in [6.45, 7) is 2.14. The van der Waals surface area contributed by atoms with Crippen LogP contribution in [0, 0.1) is 18.3 Å². The van der Waals surface area contributed by atoms with Gasteiger partial charge in [0, 0.05) is 5.69 Å². The highest BCUT2D eigenvalue weighted by molar-refractivity contribution is 5.53. The van der Waals surface area contributed by atoms with Crippen molar-refractivity contribution in [2.45, 2.75) is 19.6 Å². The van der Waals surface area contributed by atoms with Crippen molar-refractivity contribution in [3.63, 3.8) is 0 Å². The second-order valence-electron chi connectivity index (χ2n) is 4.24. The van der Waals surface area contributed by atoms with Gasteiger partial charge in [-0.1, -0.05) is 0 Å². The maximum Gasteiger partial charge on any atom is 0.417 e. The fourth-order valence-electron chi connectivity index (χ4n) is 1.76. The maximum atomic E-state index is 12.6. The van der Waals surface area contributed by atoms with Gasteiger partial charge in [-0.15, -0.1) is 0 Å². The van der Waals surface area contributed by atoms with E-state index in [1.165, 1.54) is 12.1 Å². The molecule has 2 rings (SSSR count). The molecule has 1 aromatic heterocycles. The number of nitriles is 1. The zero-order valence-corrected chi connectivity index (χ0v) is 10.6. The van der Waals surface area contributed by atoms with E-state index in [1.54, 1.807) is 25.1 Å². The van der Waals surface area contributed by atoms with E-state index in [0.29, 0.717) is 18.0 Å². The topological polar surface area (TPSA) is 49.0 Å². The van der Waals surface area contributed by atoms with E-state index in [9.17, 15) is 13.2 Å². The summed E-state index contributed by atoms with van der Waals surface area (Å²) in [6, 6.07) is 8.50. The van der Waals surface area contributed by atoms with Crippen molar-refractivity contribution in [1.29, 1.82) is 5.26 Å². The van der Waals surface area contributed by atoms with Gasteiger partial charge in [-0.05, 0) is 37.3 Å². The maximum absolute atomic E-state index is 12.6. The molecule has 0 radical (unpaired) electrons. The standard InChI is InChI=1S/C14H11F3N2O/c1-9-2-4-12(20-9)8-19-11-3-5-13(14(15,16)17)10(6-11)7-18/h2-6,19H,8H2,1H3. The molecule has 0 saturated carbocycles. The molecule has 2 aromatic rings. The fraction of sp³-hybridized carbons (Fsp3) is 0.214. The minimum Gasteiger partial charge on any atom is -0.465 e. The Kier molecular flexibility index (Phi) is 3.70. The number of hydrogen-bond acceptors (Lipinski definition) is 3. The summed E-state index contributed by atoms with van der Waals surface area (Å²) in [5, 5.41) is 11.7. The van der Waals surface area contributed by atoms with Crippen molar-refractivity contribution in [3.8, 4) is 6.07 Å². The van der Waals surface area contributed by atoms with Gasteiger partial charge in [0.15, 0.2) is 0 Å². The Balaban J connectivity index is 2.16. The first kappa shape index (κ1) is 14.0.